The van der Waals surface area contributed by atoms with Crippen molar-refractivity contribution >= 4 is 28.9 Å². The summed E-state index contributed by atoms with van der Waals surface area (Å²) in [5.74, 6) is -1.37. The fraction of sp³-hybridized carbons (Fsp3) is 0.190. The molecule has 154 valence electrons. The number of nitrogens with zero attached hydrogens (tertiary/aromatic N) is 3. The number of carboxylic acids is 1. The predicted octanol–water partition coefficient (Wildman–Crippen LogP) is 2.20. The summed E-state index contributed by atoms with van der Waals surface area (Å²) in [4.78, 5) is 36.0. The van der Waals surface area contributed by atoms with Crippen molar-refractivity contribution in [1.29, 1.82) is 0 Å². The number of hydrogen-bond donors (Lipinski definition) is 2. The number of carbonyl (C=O) groups excluding carboxylic acids is 1. The number of carbonyl (C=O) groups is 2. The highest BCUT2D eigenvalue weighted by atomic mass is 16.5. The molecule has 9 heteroatoms. The van der Waals surface area contributed by atoms with Gasteiger partial charge in [0, 0.05) is 10.9 Å². The Morgan fingerprint density at radius 3 is 2.53 bits per heavy atom. The highest BCUT2D eigenvalue weighted by Gasteiger charge is 2.17. The minimum Gasteiger partial charge on any atom is -0.481 e. The van der Waals surface area contributed by atoms with Crippen LogP contribution in [0.3, 0.4) is 0 Å². The standard InChI is InChI=1S/C21H20N4O5/c1-13(2)25-21(29)16-9-5-4-8-15(16)19(24-25)20(28)23-22-11-14-7-3-6-10-17(14)30-12-18(26)27/h3-11,13H,12H2,1-2H3,(H,23,28)(H,26,27)/b22-11-. The van der Waals surface area contributed by atoms with Crippen LogP contribution in [0, 0.1) is 0 Å². The molecule has 3 aromatic rings. The van der Waals surface area contributed by atoms with E-state index in [4.69, 9.17) is 9.84 Å². The van der Waals surface area contributed by atoms with Gasteiger partial charge in [-0.15, -0.1) is 0 Å². The molecule has 3 rings (SSSR count). The van der Waals surface area contributed by atoms with Crippen LogP contribution in [-0.4, -0.2) is 39.6 Å². The Hall–Kier alpha value is -4.01. The summed E-state index contributed by atoms with van der Waals surface area (Å²) in [7, 11) is 0. The van der Waals surface area contributed by atoms with Gasteiger partial charge in [0.1, 0.15) is 5.75 Å². The second-order valence-corrected chi connectivity index (χ2v) is 6.66. The second kappa shape index (κ2) is 8.99. The van der Waals surface area contributed by atoms with Gasteiger partial charge in [-0.1, -0.05) is 30.3 Å². The molecule has 0 aliphatic carbocycles. The molecule has 0 spiro atoms. The van der Waals surface area contributed by atoms with Crippen molar-refractivity contribution in [3.63, 3.8) is 0 Å². The number of rotatable bonds is 7. The van der Waals surface area contributed by atoms with Gasteiger partial charge in [-0.3, -0.25) is 9.59 Å². The van der Waals surface area contributed by atoms with Gasteiger partial charge in [-0.05, 0) is 32.0 Å². The fourth-order valence-electron chi connectivity index (χ4n) is 2.80. The molecule has 0 fully saturated rings. The number of hydrogen-bond acceptors (Lipinski definition) is 6. The maximum atomic E-state index is 12.7. The molecule has 0 radical (unpaired) electrons. The van der Waals surface area contributed by atoms with Crippen molar-refractivity contribution in [2.45, 2.75) is 19.9 Å². The summed E-state index contributed by atoms with van der Waals surface area (Å²) in [6.45, 7) is 3.11. The van der Waals surface area contributed by atoms with E-state index in [9.17, 15) is 14.4 Å². The van der Waals surface area contributed by atoms with Gasteiger partial charge in [-0.2, -0.15) is 10.2 Å². The van der Waals surface area contributed by atoms with Gasteiger partial charge >= 0.3 is 5.97 Å². The first-order valence-corrected chi connectivity index (χ1v) is 9.17. The van der Waals surface area contributed by atoms with Gasteiger partial charge in [0.05, 0.1) is 17.6 Å². The number of ether oxygens (including phenoxy) is 1. The molecule has 0 atom stereocenters. The Morgan fingerprint density at radius 2 is 1.83 bits per heavy atom. The lowest BCUT2D eigenvalue weighted by Crippen LogP contribution is -2.30. The smallest absolute Gasteiger partial charge is 0.341 e. The fourth-order valence-corrected chi connectivity index (χ4v) is 2.80. The van der Waals surface area contributed by atoms with E-state index in [0.717, 1.165) is 0 Å². The summed E-state index contributed by atoms with van der Waals surface area (Å²) in [6.07, 6.45) is 1.34. The lowest BCUT2D eigenvalue weighted by atomic mass is 10.1. The van der Waals surface area contributed by atoms with Crippen molar-refractivity contribution in [1.82, 2.24) is 15.2 Å². The van der Waals surface area contributed by atoms with E-state index in [-0.39, 0.29) is 17.3 Å². The quantitative estimate of drug-likeness (QED) is 0.456. The van der Waals surface area contributed by atoms with E-state index in [2.05, 4.69) is 15.6 Å². The molecule has 0 aliphatic heterocycles. The van der Waals surface area contributed by atoms with E-state index in [1.165, 1.54) is 10.9 Å². The third-order valence-corrected chi connectivity index (χ3v) is 4.17. The van der Waals surface area contributed by atoms with E-state index in [0.29, 0.717) is 22.1 Å². The third kappa shape index (κ3) is 4.52. The van der Waals surface area contributed by atoms with E-state index < -0.39 is 18.5 Å². The topological polar surface area (TPSA) is 123 Å². The average Bonchev–Trinajstić information content (AvgIpc) is 2.73. The lowest BCUT2D eigenvalue weighted by molar-refractivity contribution is -0.139. The van der Waals surface area contributed by atoms with Crippen molar-refractivity contribution in [2.75, 3.05) is 6.61 Å². The SMILES string of the molecule is CC(C)n1nc(C(=O)N/N=C\c2ccccc2OCC(=O)O)c2ccccc2c1=O. The van der Waals surface area contributed by atoms with Gasteiger partial charge < -0.3 is 9.84 Å². The highest BCUT2D eigenvalue weighted by molar-refractivity contribution is 6.05. The minimum absolute atomic E-state index is 0.0754. The van der Waals surface area contributed by atoms with E-state index in [1.54, 1.807) is 62.4 Å². The first kappa shape index (κ1) is 20.7. The van der Waals surface area contributed by atoms with Crippen LogP contribution in [0.5, 0.6) is 5.75 Å². The summed E-state index contributed by atoms with van der Waals surface area (Å²) in [5.41, 5.74) is 2.69. The first-order valence-electron chi connectivity index (χ1n) is 9.17. The monoisotopic (exact) mass is 408 g/mol. The third-order valence-electron chi connectivity index (χ3n) is 4.17. The molecule has 0 saturated heterocycles. The average molecular weight is 408 g/mol. The van der Waals surface area contributed by atoms with Gasteiger partial charge in [0.2, 0.25) is 0 Å². The number of aromatic nitrogens is 2. The molecule has 0 aliphatic rings. The van der Waals surface area contributed by atoms with E-state index in [1.807, 2.05) is 0 Å². The molecular weight excluding hydrogens is 388 g/mol. The summed E-state index contributed by atoms with van der Waals surface area (Å²) < 4.78 is 6.46. The Balaban J connectivity index is 1.87. The van der Waals surface area contributed by atoms with Crippen LogP contribution >= 0.6 is 0 Å². The van der Waals surface area contributed by atoms with Crippen LogP contribution in [0.1, 0.15) is 35.9 Å². The van der Waals surface area contributed by atoms with Crippen molar-refractivity contribution in [2.24, 2.45) is 5.10 Å². The Labute approximate surface area is 171 Å². The molecule has 0 bridgehead atoms. The zero-order valence-electron chi connectivity index (χ0n) is 16.4. The van der Waals surface area contributed by atoms with Gasteiger partial charge in [0.25, 0.3) is 11.5 Å². The zero-order chi connectivity index (χ0) is 21.7. The molecule has 0 saturated carbocycles. The number of fused-ring (bicyclic) bond motifs is 1. The van der Waals surface area contributed by atoms with Crippen molar-refractivity contribution in [3.05, 3.63) is 70.1 Å². The highest BCUT2D eigenvalue weighted by Crippen LogP contribution is 2.16. The summed E-state index contributed by atoms with van der Waals surface area (Å²) in [6, 6.07) is 13.2. The number of hydrazone groups is 1. The number of nitrogens with one attached hydrogen (secondary N) is 1. The summed E-state index contributed by atoms with van der Waals surface area (Å²) in [5, 5.41) is 17.7. The maximum Gasteiger partial charge on any atom is 0.341 e. The molecule has 2 N–H and O–H groups in total. The number of carboxylic acid groups (broad SMARTS) is 1. The normalized spacial score (nSPS) is 11.2. The number of aliphatic carboxylic acids is 1. The van der Waals surface area contributed by atoms with Crippen molar-refractivity contribution < 1.29 is 19.4 Å². The molecular formula is C21H20N4O5. The predicted molar refractivity (Wildman–Crippen MR) is 111 cm³/mol. The van der Waals surface area contributed by atoms with E-state index >= 15 is 0 Å². The number of amides is 1. The number of benzene rings is 2. The molecule has 1 aromatic heterocycles. The summed E-state index contributed by atoms with van der Waals surface area (Å²) >= 11 is 0. The van der Waals surface area contributed by atoms with Crippen LogP contribution < -0.4 is 15.7 Å². The van der Waals surface area contributed by atoms with Crippen LogP contribution in [0.2, 0.25) is 0 Å². The van der Waals surface area contributed by atoms with Gasteiger partial charge in [-0.25, -0.2) is 14.9 Å². The minimum atomic E-state index is -1.10. The Kier molecular flexibility index (Phi) is 6.21. The lowest BCUT2D eigenvalue weighted by Gasteiger charge is -2.12. The van der Waals surface area contributed by atoms with Crippen LogP contribution in [-0.2, 0) is 4.79 Å². The van der Waals surface area contributed by atoms with Crippen LogP contribution in [0.15, 0.2) is 58.4 Å². The largest absolute Gasteiger partial charge is 0.481 e. The Morgan fingerprint density at radius 1 is 1.17 bits per heavy atom. The molecule has 2 aromatic carbocycles. The first-order chi connectivity index (χ1) is 14.4. The van der Waals surface area contributed by atoms with Gasteiger partial charge in [0.15, 0.2) is 12.3 Å². The van der Waals surface area contributed by atoms with Crippen LogP contribution in [0.25, 0.3) is 10.8 Å². The molecule has 0 unspecified atom stereocenters. The molecule has 30 heavy (non-hydrogen) atoms. The molecule has 9 nitrogen and oxygen atoms in total. The molecule has 1 amide bonds. The second-order valence-electron chi connectivity index (χ2n) is 6.66. The Bertz CT molecular complexity index is 1180. The maximum absolute atomic E-state index is 12.7. The number of para-hydroxylation sites is 1. The molecule has 1 heterocycles. The van der Waals surface area contributed by atoms with Crippen molar-refractivity contribution in [3.8, 4) is 5.75 Å². The zero-order valence-corrected chi connectivity index (χ0v) is 16.4. The van der Waals surface area contributed by atoms with Crippen LogP contribution in [0.4, 0.5) is 0 Å².